The molecule has 2 rings (SSSR count). The standard InChI is InChI=1S/C14H19BrO/c1-2-3-9-12-10-14(12,15)13(16)11-7-5-4-6-8-11/h4-8,12-13,16H,2-3,9-10H2,1H3/t12?,13-,14?/m0/s1. The molecule has 1 aromatic rings. The first kappa shape index (κ1) is 12.1. The van der Waals surface area contributed by atoms with Crippen LogP contribution in [-0.4, -0.2) is 9.43 Å². The monoisotopic (exact) mass is 282 g/mol. The Labute approximate surface area is 106 Å². The van der Waals surface area contributed by atoms with Crippen molar-refractivity contribution in [2.75, 3.05) is 0 Å². The highest BCUT2D eigenvalue weighted by Gasteiger charge is 2.56. The lowest BCUT2D eigenvalue weighted by atomic mass is 10.0. The highest BCUT2D eigenvalue weighted by Crippen LogP contribution is 2.60. The van der Waals surface area contributed by atoms with Crippen LogP contribution in [0.3, 0.4) is 0 Å². The van der Waals surface area contributed by atoms with Crippen LogP contribution in [0.1, 0.15) is 44.3 Å². The third-order valence-electron chi connectivity index (χ3n) is 3.55. The highest BCUT2D eigenvalue weighted by molar-refractivity contribution is 9.10. The summed E-state index contributed by atoms with van der Waals surface area (Å²) in [5, 5.41) is 10.3. The van der Waals surface area contributed by atoms with Crippen LogP contribution in [-0.2, 0) is 0 Å². The zero-order valence-electron chi connectivity index (χ0n) is 9.70. The van der Waals surface area contributed by atoms with Gasteiger partial charge in [0.1, 0.15) is 0 Å². The molecule has 1 aromatic carbocycles. The van der Waals surface area contributed by atoms with Crippen molar-refractivity contribution in [2.45, 2.75) is 43.0 Å². The molecule has 0 saturated heterocycles. The van der Waals surface area contributed by atoms with E-state index < -0.39 is 0 Å². The molecule has 16 heavy (non-hydrogen) atoms. The minimum atomic E-state index is -0.365. The van der Waals surface area contributed by atoms with Crippen LogP contribution in [0, 0.1) is 5.92 Å². The normalized spacial score (nSPS) is 30.1. The molecule has 0 amide bonds. The highest BCUT2D eigenvalue weighted by atomic mass is 79.9. The van der Waals surface area contributed by atoms with Crippen molar-refractivity contribution in [1.29, 1.82) is 0 Å². The molecule has 0 spiro atoms. The number of hydrogen-bond acceptors (Lipinski definition) is 1. The zero-order chi connectivity index (χ0) is 11.6. The molecule has 88 valence electrons. The van der Waals surface area contributed by atoms with Gasteiger partial charge in [-0.25, -0.2) is 0 Å². The third kappa shape index (κ3) is 2.33. The number of unbranched alkanes of at least 4 members (excludes halogenated alkanes) is 1. The summed E-state index contributed by atoms with van der Waals surface area (Å²) in [6.45, 7) is 2.21. The molecule has 0 heterocycles. The van der Waals surface area contributed by atoms with Crippen molar-refractivity contribution in [3.8, 4) is 0 Å². The van der Waals surface area contributed by atoms with Crippen LogP contribution in [0.25, 0.3) is 0 Å². The van der Waals surface area contributed by atoms with Gasteiger partial charge in [0.2, 0.25) is 0 Å². The van der Waals surface area contributed by atoms with E-state index in [9.17, 15) is 5.11 Å². The van der Waals surface area contributed by atoms with Crippen molar-refractivity contribution < 1.29 is 5.11 Å². The first-order valence-corrected chi connectivity index (χ1v) is 6.89. The molecule has 1 aliphatic rings. The van der Waals surface area contributed by atoms with Crippen LogP contribution in [0.5, 0.6) is 0 Å². The molecule has 2 heteroatoms. The number of benzene rings is 1. The second-order valence-electron chi connectivity index (χ2n) is 4.78. The van der Waals surface area contributed by atoms with Crippen LogP contribution in [0.2, 0.25) is 0 Å². The molecule has 1 aliphatic carbocycles. The summed E-state index contributed by atoms with van der Waals surface area (Å²) in [4.78, 5) is 0. The summed E-state index contributed by atoms with van der Waals surface area (Å²) in [7, 11) is 0. The van der Waals surface area contributed by atoms with Gasteiger partial charge in [-0.1, -0.05) is 66.0 Å². The Hall–Kier alpha value is -0.340. The minimum Gasteiger partial charge on any atom is -0.387 e. The number of halogens is 1. The lowest BCUT2D eigenvalue weighted by molar-refractivity contribution is 0.162. The summed E-state index contributed by atoms with van der Waals surface area (Å²) < 4.78 is -0.0521. The zero-order valence-corrected chi connectivity index (χ0v) is 11.3. The number of alkyl halides is 1. The van der Waals surface area contributed by atoms with E-state index in [1.165, 1.54) is 19.3 Å². The van der Waals surface area contributed by atoms with Crippen molar-refractivity contribution in [3.05, 3.63) is 35.9 Å². The summed E-state index contributed by atoms with van der Waals surface area (Å²) in [6.07, 6.45) is 4.46. The first-order chi connectivity index (χ1) is 7.68. The average Bonchev–Trinajstić information content (AvgIpc) is 2.99. The molecule has 1 nitrogen and oxygen atoms in total. The topological polar surface area (TPSA) is 20.2 Å². The molecule has 0 bridgehead atoms. The van der Waals surface area contributed by atoms with Gasteiger partial charge in [0.25, 0.3) is 0 Å². The lowest BCUT2D eigenvalue weighted by Crippen LogP contribution is -2.15. The van der Waals surface area contributed by atoms with E-state index in [0.717, 1.165) is 12.0 Å². The Kier molecular flexibility index (Phi) is 3.70. The Morgan fingerprint density at radius 2 is 2.12 bits per heavy atom. The summed E-state index contributed by atoms with van der Waals surface area (Å²) in [5.74, 6) is 0.641. The maximum Gasteiger partial charge on any atom is 0.0945 e. The van der Waals surface area contributed by atoms with Gasteiger partial charge in [-0.05, 0) is 24.3 Å². The summed E-state index contributed by atoms with van der Waals surface area (Å²) in [5.41, 5.74) is 1.03. The Bertz CT molecular complexity index is 338. The largest absolute Gasteiger partial charge is 0.387 e. The van der Waals surface area contributed by atoms with Gasteiger partial charge < -0.3 is 5.11 Å². The number of aliphatic hydroxyl groups is 1. The van der Waals surface area contributed by atoms with Crippen LogP contribution in [0.4, 0.5) is 0 Å². The molecule has 1 fully saturated rings. The fraction of sp³-hybridized carbons (Fsp3) is 0.571. The van der Waals surface area contributed by atoms with E-state index in [2.05, 4.69) is 22.9 Å². The molecule has 0 aliphatic heterocycles. The van der Waals surface area contributed by atoms with Gasteiger partial charge in [0, 0.05) is 0 Å². The predicted octanol–water partition coefficient (Wildman–Crippen LogP) is 4.06. The Balaban J connectivity index is 1.99. The van der Waals surface area contributed by atoms with E-state index in [0.29, 0.717) is 5.92 Å². The van der Waals surface area contributed by atoms with Crippen LogP contribution in [0.15, 0.2) is 30.3 Å². The van der Waals surface area contributed by atoms with Gasteiger partial charge in [0.15, 0.2) is 0 Å². The number of aliphatic hydroxyl groups excluding tert-OH is 1. The molecule has 0 aromatic heterocycles. The second kappa shape index (κ2) is 4.89. The maximum absolute atomic E-state index is 10.3. The van der Waals surface area contributed by atoms with Gasteiger partial charge in [-0.2, -0.15) is 0 Å². The van der Waals surface area contributed by atoms with Gasteiger partial charge in [0.05, 0.1) is 10.4 Å². The van der Waals surface area contributed by atoms with E-state index >= 15 is 0 Å². The minimum absolute atomic E-state index is 0.0521. The average molecular weight is 283 g/mol. The lowest BCUT2D eigenvalue weighted by Gasteiger charge is -2.18. The third-order valence-corrected chi connectivity index (χ3v) is 4.96. The van der Waals surface area contributed by atoms with Crippen LogP contribution < -0.4 is 0 Å². The molecular formula is C14H19BrO. The fourth-order valence-electron chi connectivity index (χ4n) is 2.36. The van der Waals surface area contributed by atoms with Gasteiger partial charge >= 0.3 is 0 Å². The summed E-state index contributed by atoms with van der Waals surface area (Å²) in [6, 6.07) is 9.96. The molecule has 3 atom stereocenters. The Morgan fingerprint density at radius 1 is 1.44 bits per heavy atom. The summed E-state index contributed by atoms with van der Waals surface area (Å²) >= 11 is 3.74. The maximum atomic E-state index is 10.3. The van der Waals surface area contributed by atoms with Crippen molar-refractivity contribution in [3.63, 3.8) is 0 Å². The smallest absolute Gasteiger partial charge is 0.0945 e. The predicted molar refractivity (Wildman–Crippen MR) is 70.7 cm³/mol. The van der Waals surface area contributed by atoms with E-state index in [1.807, 2.05) is 30.3 Å². The van der Waals surface area contributed by atoms with Gasteiger partial charge in [-0.3, -0.25) is 0 Å². The van der Waals surface area contributed by atoms with Crippen molar-refractivity contribution >= 4 is 15.9 Å². The molecule has 2 unspecified atom stereocenters. The van der Waals surface area contributed by atoms with Crippen molar-refractivity contribution in [1.82, 2.24) is 0 Å². The SMILES string of the molecule is CCCCC1CC1(Br)[C@@H](O)c1ccccc1. The van der Waals surface area contributed by atoms with E-state index in [1.54, 1.807) is 0 Å². The molecule has 1 saturated carbocycles. The quantitative estimate of drug-likeness (QED) is 0.808. The number of hydrogen-bond donors (Lipinski definition) is 1. The van der Waals surface area contributed by atoms with Gasteiger partial charge in [-0.15, -0.1) is 0 Å². The first-order valence-electron chi connectivity index (χ1n) is 6.10. The molecule has 0 radical (unpaired) electrons. The molecule has 1 N–H and O–H groups in total. The van der Waals surface area contributed by atoms with E-state index in [4.69, 9.17) is 0 Å². The van der Waals surface area contributed by atoms with Crippen LogP contribution >= 0.6 is 15.9 Å². The van der Waals surface area contributed by atoms with Crippen molar-refractivity contribution in [2.24, 2.45) is 5.92 Å². The Morgan fingerprint density at radius 3 is 2.75 bits per heavy atom. The fourth-order valence-corrected chi connectivity index (χ4v) is 3.24. The molecular weight excluding hydrogens is 264 g/mol. The van der Waals surface area contributed by atoms with E-state index in [-0.39, 0.29) is 10.4 Å². The second-order valence-corrected chi connectivity index (χ2v) is 6.26. The number of rotatable bonds is 5.